The molecule has 0 bridgehead atoms. The van der Waals surface area contributed by atoms with Gasteiger partial charge in [0.25, 0.3) is 0 Å². The van der Waals surface area contributed by atoms with E-state index in [2.05, 4.69) is 0 Å². The first-order valence-corrected chi connectivity index (χ1v) is 6.19. The number of nitrogens with zero attached hydrogens (tertiary/aromatic N) is 1. The zero-order valence-corrected chi connectivity index (χ0v) is 10.0. The van der Waals surface area contributed by atoms with E-state index in [0.29, 0.717) is 16.7 Å². The second-order valence-corrected chi connectivity index (χ2v) is 4.67. The van der Waals surface area contributed by atoms with Gasteiger partial charge in [-0.1, -0.05) is 18.2 Å². The number of fused-ring (bicyclic) bond motifs is 1. The first-order valence-electron chi connectivity index (χ1n) is 5.31. The Morgan fingerprint density at radius 1 is 1.17 bits per heavy atom. The summed E-state index contributed by atoms with van der Waals surface area (Å²) in [4.78, 5) is 13.0. The fourth-order valence-electron chi connectivity index (χ4n) is 1.82. The summed E-state index contributed by atoms with van der Waals surface area (Å²) < 4.78 is 5.70. The molecular formula is C14H7NO2S. The van der Waals surface area contributed by atoms with Gasteiger partial charge in [0, 0.05) is 0 Å². The minimum absolute atomic E-state index is 0.0659. The van der Waals surface area contributed by atoms with E-state index in [1.807, 2.05) is 23.6 Å². The van der Waals surface area contributed by atoms with Crippen LogP contribution in [-0.4, -0.2) is 0 Å². The normalized spacial score (nSPS) is 10.4. The van der Waals surface area contributed by atoms with Gasteiger partial charge in [-0.2, -0.15) is 5.26 Å². The van der Waals surface area contributed by atoms with Gasteiger partial charge in [0.15, 0.2) is 5.76 Å². The highest BCUT2D eigenvalue weighted by Crippen LogP contribution is 2.28. The van der Waals surface area contributed by atoms with Crippen LogP contribution in [0.15, 0.2) is 51.0 Å². The molecule has 0 atom stereocenters. The van der Waals surface area contributed by atoms with Crippen LogP contribution in [0.1, 0.15) is 5.56 Å². The second-order valence-electron chi connectivity index (χ2n) is 3.72. The Morgan fingerprint density at radius 2 is 2.00 bits per heavy atom. The van der Waals surface area contributed by atoms with Gasteiger partial charge >= 0.3 is 0 Å². The van der Waals surface area contributed by atoms with Crippen LogP contribution in [0.5, 0.6) is 0 Å². The third-order valence-corrected chi connectivity index (χ3v) is 3.52. The van der Waals surface area contributed by atoms with Gasteiger partial charge in [-0.15, -0.1) is 11.3 Å². The van der Waals surface area contributed by atoms with E-state index >= 15 is 0 Å². The van der Waals surface area contributed by atoms with Gasteiger partial charge < -0.3 is 4.42 Å². The molecule has 18 heavy (non-hydrogen) atoms. The van der Waals surface area contributed by atoms with Crippen molar-refractivity contribution in [1.82, 2.24) is 0 Å². The standard InChI is InChI=1S/C14H7NO2S/c15-8-10-13(16)9-4-1-2-5-11(9)17-14(10)12-6-3-7-18-12/h1-7H. The first-order chi connectivity index (χ1) is 8.81. The second kappa shape index (κ2) is 4.13. The maximum atomic E-state index is 12.2. The molecule has 4 heteroatoms. The zero-order chi connectivity index (χ0) is 12.5. The van der Waals surface area contributed by atoms with Crippen LogP contribution < -0.4 is 5.43 Å². The molecule has 0 radical (unpaired) electrons. The van der Waals surface area contributed by atoms with Crippen molar-refractivity contribution in [3.05, 3.63) is 57.6 Å². The summed E-state index contributed by atoms with van der Waals surface area (Å²) in [5.74, 6) is 0.358. The highest BCUT2D eigenvalue weighted by Gasteiger charge is 2.15. The molecule has 0 aliphatic rings. The zero-order valence-electron chi connectivity index (χ0n) is 9.21. The largest absolute Gasteiger partial charge is 0.454 e. The van der Waals surface area contributed by atoms with Crippen LogP contribution in [0.2, 0.25) is 0 Å². The van der Waals surface area contributed by atoms with Crippen molar-refractivity contribution in [1.29, 1.82) is 5.26 Å². The monoisotopic (exact) mass is 253 g/mol. The molecule has 0 amide bonds. The van der Waals surface area contributed by atoms with E-state index < -0.39 is 0 Å². The predicted molar refractivity (Wildman–Crippen MR) is 70.5 cm³/mol. The molecule has 3 nitrogen and oxygen atoms in total. The van der Waals surface area contributed by atoms with E-state index in [1.165, 1.54) is 11.3 Å². The fourth-order valence-corrected chi connectivity index (χ4v) is 2.54. The molecule has 0 spiro atoms. The number of hydrogen-bond donors (Lipinski definition) is 0. The Morgan fingerprint density at radius 3 is 2.72 bits per heavy atom. The number of rotatable bonds is 1. The average molecular weight is 253 g/mol. The molecule has 0 aliphatic heterocycles. The molecule has 2 aromatic heterocycles. The predicted octanol–water partition coefficient (Wildman–Crippen LogP) is 3.39. The average Bonchev–Trinajstić information content (AvgIpc) is 2.92. The van der Waals surface area contributed by atoms with Crippen molar-refractivity contribution in [2.24, 2.45) is 0 Å². The summed E-state index contributed by atoms with van der Waals surface area (Å²) in [5.41, 5.74) is 0.295. The van der Waals surface area contributed by atoms with Gasteiger partial charge in [0.2, 0.25) is 5.43 Å². The molecule has 0 N–H and O–H groups in total. The number of para-hydroxylation sites is 1. The summed E-state index contributed by atoms with van der Waals surface area (Å²) in [7, 11) is 0. The summed E-state index contributed by atoms with van der Waals surface area (Å²) >= 11 is 1.44. The Bertz CT molecular complexity index is 810. The van der Waals surface area contributed by atoms with Crippen molar-refractivity contribution < 1.29 is 4.42 Å². The van der Waals surface area contributed by atoms with Crippen molar-refractivity contribution in [2.75, 3.05) is 0 Å². The highest BCUT2D eigenvalue weighted by atomic mass is 32.1. The van der Waals surface area contributed by atoms with E-state index in [-0.39, 0.29) is 11.0 Å². The Labute approximate surface area is 107 Å². The molecular weight excluding hydrogens is 246 g/mol. The van der Waals surface area contributed by atoms with Gasteiger partial charge in [0.1, 0.15) is 17.2 Å². The quantitative estimate of drug-likeness (QED) is 0.668. The van der Waals surface area contributed by atoms with Gasteiger partial charge in [0.05, 0.1) is 10.3 Å². The van der Waals surface area contributed by atoms with Crippen molar-refractivity contribution in [2.45, 2.75) is 0 Å². The summed E-state index contributed by atoms with van der Waals surface area (Å²) in [6.07, 6.45) is 0. The number of thiophene rings is 1. The highest BCUT2D eigenvalue weighted by molar-refractivity contribution is 7.13. The smallest absolute Gasteiger partial charge is 0.211 e. The molecule has 3 rings (SSSR count). The fraction of sp³-hybridized carbons (Fsp3) is 0. The molecule has 0 unspecified atom stereocenters. The number of hydrogen-bond acceptors (Lipinski definition) is 4. The lowest BCUT2D eigenvalue weighted by Crippen LogP contribution is -2.07. The van der Waals surface area contributed by atoms with Crippen LogP contribution in [0, 0.1) is 11.3 Å². The minimum Gasteiger partial charge on any atom is -0.454 e. The van der Waals surface area contributed by atoms with Gasteiger partial charge in [-0.05, 0) is 23.6 Å². The van der Waals surface area contributed by atoms with Crippen LogP contribution in [-0.2, 0) is 0 Å². The lowest BCUT2D eigenvalue weighted by molar-refractivity contribution is 0.618. The summed E-state index contributed by atoms with van der Waals surface area (Å²) in [5, 5.41) is 11.5. The van der Waals surface area contributed by atoms with E-state index in [0.717, 1.165) is 4.88 Å². The maximum Gasteiger partial charge on any atom is 0.211 e. The molecule has 1 aromatic carbocycles. The minimum atomic E-state index is -0.275. The van der Waals surface area contributed by atoms with Crippen LogP contribution in [0.4, 0.5) is 0 Å². The Kier molecular flexibility index (Phi) is 2.47. The van der Waals surface area contributed by atoms with Gasteiger partial charge in [-0.25, -0.2) is 0 Å². The lowest BCUT2D eigenvalue weighted by atomic mass is 10.1. The molecule has 0 aliphatic carbocycles. The van der Waals surface area contributed by atoms with E-state index in [9.17, 15) is 4.79 Å². The van der Waals surface area contributed by atoms with E-state index in [4.69, 9.17) is 9.68 Å². The number of benzene rings is 1. The molecule has 86 valence electrons. The van der Waals surface area contributed by atoms with Gasteiger partial charge in [-0.3, -0.25) is 4.79 Å². The molecule has 0 saturated carbocycles. The van der Waals surface area contributed by atoms with Crippen molar-refractivity contribution in [3.8, 4) is 16.7 Å². The Balaban J connectivity index is 2.47. The SMILES string of the molecule is N#Cc1c(-c2cccs2)oc2ccccc2c1=O. The van der Waals surface area contributed by atoms with Crippen LogP contribution >= 0.6 is 11.3 Å². The maximum absolute atomic E-state index is 12.2. The van der Waals surface area contributed by atoms with Crippen LogP contribution in [0.3, 0.4) is 0 Å². The van der Waals surface area contributed by atoms with Crippen molar-refractivity contribution in [3.63, 3.8) is 0 Å². The molecule has 0 fully saturated rings. The summed E-state index contributed by atoms with van der Waals surface area (Å²) in [6.45, 7) is 0. The lowest BCUT2D eigenvalue weighted by Gasteiger charge is -2.02. The first kappa shape index (κ1) is 10.8. The topological polar surface area (TPSA) is 54.0 Å². The summed E-state index contributed by atoms with van der Waals surface area (Å²) in [6, 6.07) is 12.6. The molecule has 0 saturated heterocycles. The molecule has 3 aromatic rings. The van der Waals surface area contributed by atoms with E-state index in [1.54, 1.807) is 24.3 Å². The van der Waals surface area contributed by atoms with Crippen molar-refractivity contribution >= 4 is 22.3 Å². The molecule has 2 heterocycles. The third kappa shape index (κ3) is 1.53. The Hall–Kier alpha value is -2.38. The van der Waals surface area contributed by atoms with Crippen LogP contribution in [0.25, 0.3) is 21.6 Å². The third-order valence-electron chi connectivity index (χ3n) is 2.65. The number of nitriles is 1.